The molecule has 2 heterocycles. The zero-order valence-corrected chi connectivity index (χ0v) is 16.3. The van der Waals surface area contributed by atoms with Crippen LogP contribution in [-0.4, -0.2) is 60.4 Å². The largest absolute Gasteiger partial charge is 0.385 e. The predicted molar refractivity (Wildman–Crippen MR) is 105 cm³/mol. The summed E-state index contributed by atoms with van der Waals surface area (Å²) in [6.45, 7) is 10.5. The van der Waals surface area contributed by atoms with Gasteiger partial charge < -0.3 is 14.8 Å². The second-order valence-electron chi connectivity index (χ2n) is 7.23. The smallest absolute Gasteiger partial charge is 0.145 e. The molecule has 6 nitrogen and oxygen atoms in total. The van der Waals surface area contributed by atoms with Crippen LogP contribution >= 0.6 is 0 Å². The summed E-state index contributed by atoms with van der Waals surface area (Å²) in [5, 5.41) is 4.55. The third-order valence-electron chi connectivity index (χ3n) is 4.58. The Bertz CT molecular complexity index is 727. The van der Waals surface area contributed by atoms with Gasteiger partial charge in [0.05, 0.1) is 24.3 Å². The molecule has 2 aromatic rings. The summed E-state index contributed by atoms with van der Waals surface area (Å²) in [7, 11) is 1.73. The molecule has 0 aliphatic carbocycles. The van der Waals surface area contributed by atoms with Gasteiger partial charge in [0.2, 0.25) is 0 Å². The zero-order valence-electron chi connectivity index (χ0n) is 16.3. The van der Waals surface area contributed by atoms with Crippen LogP contribution in [0.15, 0.2) is 18.2 Å². The topological polar surface area (TPSA) is 59.5 Å². The Balaban J connectivity index is 1.82. The minimum atomic E-state index is 0.244. The molecule has 1 fully saturated rings. The van der Waals surface area contributed by atoms with Crippen molar-refractivity contribution in [1.82, 2.24) is 14.9 Å². The predicted octanol–water partition coefficient (Wildman–Crippen LogP) is 3.00. The first-order valence-corrected chi connectivity index (χ1v) is 9.43. The lowest BCUT2D eigenvalue weighted by Gasteiger charge is -2.34. The molecule has 0 radical (unpaired) electrons. The van der Waals surface area contributed by atoms with Gasteiger partial charge in [0.25, 0.3) is 0 Å². The number of aromatic nitrogens is 2. The summed E-state index contributed by atoms with van der Waals surface area (Å²) in [5.74, 6) is 1.77. The highest BCUT2D eigenvalue weighted by Crippen LogP contribution is 2.23. The summed E-state index contributed by atoms with van der Waals surface area (Å²) < 4.78 is 11.0. The van der Waals surface area contributed by atoms with Crippen LogP contribution in [0, 0.1) is 6.92 Å². The van der Waals surface area contributed by atoms with Crippen molar-refractivity contribution in [2.75, 3.05) is 38.7 Å². The first-order chi connectivity index (χ1) is 12.5. The van der Waals surface area contributed by atoms with E-state index < -0.39 is 0 Å². The molecule has 1 aromatic heterocycles. The van der Waals surface area contributed by atoms with E-state index in [-0.39, 0.29) is 12.2 Å². The van der Waals surface area contributed by atoms with Crippen molar-refractivity contribution in [2.45, 2.75) is 45.9 Å². The number of hydrogen-bond acceptors (Lipinski definition) is 6. The van der Waals surface area contributed by atoms with Crippen LogP contribution in [0.2, 0.25) is 0 Å². The molecular weight excluding hydrogens is 328 g/mol. The van der Waals surface area contributed by atoms with Crippen LogP contribution in [0.25, 0.3) is 10.9 Å². The molecule has 1 aliphatic rings. The SMILES string of the molecule is COCCCNc1nc(CN2C[C@@H](C)O[C@@H](C)C2)nc2ccc(C)cc12. The molecule has 26 heavy (non-hydrogen) atoms. The Kier molecular flexibility index (Phi) is 6.40. The number of nitrogens with one attached hydrogen (secondary N) is 1. The Morgan fingerprint density at radius 2 is 2.00 bits per heavy atom. The average Bonchev–Trinajstić information content (AvgIpc) is 2.58. The molecule has 1 aliphatic heterocycles. The second-order valence-corrected chi connectivity index (χ2v) is 7.23. The maximum absolute atomic E-state index is 5.83. The lowest BCUT2D eigenvalue weighted by Crippen LogP contribution is -2.45. The molecule has 0 saturated carbocycles. The maximum Gasteiger partial charge on any atom is 0.145 e. The summed E-state index contributed by atoms with van der Waals surface area (Å²) in [5.41, 5.74) is 2.20. The first-order valence-electron chi connectivity index (χ1n) is 9.43. The van der Waals surface area contributed by atoms with Crippen molar-refractivity contribution in [1.29, 1.82) is 0 Å². The minimum Gasteiger partial charge on any atom is -0.385 e. The van der Waals surface area contributed by atoms with Crippen molar-refractivity contribution >= 4 is 16.7 Å². The van der Waals surface area contributed by atoms with E-state index in [1.807, 2.05) is 0 Å². The van der Waals surface area contributed by atoms with Gasteiger partial charge in [-0.3, -0.25) is 4.90 Å². The number of hydrogen-bond donors (Lipinski definition) is 1. The van der Waals surface area contributed by atoms with Crippen molar-refractivity contribution < 1.29 is 9.47 Å². The molecule has 1 aromatic carbocycles. The number of methoxy groups -OCH3 is 1. The van der Waals surface area contributed by atoms with Crippen molar-refractivity contribution in [3.63, 3.8) is 0 Å². The number of ether oxygens (including phenoxy) is 2. The Morgan fingerprint density at radius 1 is 1.23 bits per heavy atom. The number of benzene rings is 1. The van der Waals surface area contributed by atoms with E-state index in [1.54, 1.807) is 7.11 Å². The van der Waals surface area contributed by atoms with Gasteiger partial charge in [0.15, 0.2) is 0 Å². The number of rotatable bonds is 7. The third-order valence-corrected chi connectivity index (χ3v) is 4.58. The van der Waals surface area contributed by atoms with Crippen molar-refractivity contribution in [3.05, 3.63) is 29.6 Å². The van der Waals surface area contributed by atoms with Gasteiger partial charge in [-0.1, -0.05) is 11.6 Å². The van der Waals surface area contributed by atoms with Crippen LogP contribution in [0.4, 0.5) is 5.82 Å². The van der Waals surface area contributed by atoms with E-state index in [9.17, 15) is 0 Å². The van der Waals surface area contributed by atoms with Gasteiger partial charge in [-0.15, -0.1) is 0 Å². The van der Waals surface area contributed by atoms with Gasteiger partial charge in [-0.05, 0) is 39.3 Å². The zero-order chi connectivity index (χ0) is 18.5. The Hall–Kier alpha value is -1.76. The van der Waals surface area contributed by atoms with E-state index in [0.29, 0.717) is 0 Å². The lowest BCUT2D eigenvalue weighted by molar-refractivity contribution is -0.0710. The Morgan fingerprint density at radius 3 is 2.73 bits per heavy atom. The Labute approximate surface area is 155 Å². The summed E-state index contributed by atoms with van der Waals surface area (Å²) in [4.78, 5) is 12.0. The van der Waals surface area contributed by atoms with Crippen LogP contribution in [-0.2, 0) is 16.0 Å². The molecule has 0 amide bonds. The quantitative estimate of drug-likeness (QED) is 0.768. The minimum absolute atomic E-state index is 0.244. The maximum atomic E-state index is 5.83. The number of fused-ring (bicyclic) bond motifs is 1. The normalized spacial score (nSPS) is 21.2. The van der Waals surface area contributed by atoms with Gasteiger partial charge in [-0.2, -0.15) is 0 Å². The van der Waals surface area contributed by atoms with E-state index >= 15 is 0 Å². The molecule has 1 saturated heterocycles. The fourth-order valence-corrected chi connectivity index (χ4v) is 3.53. The number of aryl methyl sites for hydroxylation is 1. The van der Waals surface area contributed by atoms with Crippen molar-refractivity contribution in [3.8, 4) is 0 Å². The molecule has 1 N–H and O–H groups in total. The molecule has 6 heteroatoms. The van der Waals surface area contributed by atoms with Crippen LogP contribution in [0.3, 0.4) is 0 Å². The highest BCUT2D eigenvalue weighted by molar-refractivity contribution is 5.89. The molecule has 2 atom stereocenters. The summed E-state index contributed by atoms with van der Waals surface area (Å²) in [6, 6.07) is 6.34. The number of morpholine rings is 1. The van der Waals surface area contributed by atoms with E-state index in [4.69, 9.17) is 19.4 Å². The fraction of sp³-hybridized carbons (Fsp3) is 0.600. The number of nitrogens with zero attached hydrogens (tertiary/aromatic N) is 3. The first kappa shape index (κ1) is 19.0. The van der Waals surface area contributed by atoms with Crippen LogP contribution < -0.4 is 5.32 Å². The lowest BCUT2D eigenvalue weighted by atomic mass is 10.1. The molecule has 0 unspecified atom stereocenters. The molecular formula is C20H30N4O2. The molecule has 0 spiro atoms. The van der Waals surface area contributed by atoms with Gasteiger partial charge in [-0.25, -0.2) is 9.97 Å². The van der Waals surface area contributed by atoms with Gasteiger partial charge >= 0.3 is 0 Å². The second kappa shape index (κ2) is 8.75. The summed E-state index contributed by atoms with van der Waals surface area (Å²) >= 11 is 0. The molecule has 3 rings (SSSR count). The van der Waals surface area contributed by atoms with Gasteiger partial charge in [0.1, 0.15) is 11.6 Å². The van der Waals surface area contributed by atoms with E-state index in [0.717, 1.165) is 61.8 Å². The van der Waals surface area contributed by atoms with E-state index in [1.165, 1.54) is 5.56 Å². The monoisotopic (exact) mass is 358 g/mol. The standard InChI is InChI=1S/C20H30N4O2/c1-14-6-7-18-17(10-14)20(21-8-5-9-25-4)23-19(22-18)13-24-11-15(2)26-16(3)12-24/h6-7,10,15-16H,5,8-9,11-13H2,1-4H3,(H,21,22,23)/t15-,16+. The third kappa shape index (κ3) is 4.90. The number of anilines is 1. The van der Waals surface area contributed by atoms with Crippen LogP contribution in [0.5, 0.6) is 0 Å². The van der Waals surface area contributed by atoms with E-state index in [2.05, 4.69) is 49.2 Å². The fourth-order valence-electron chi connectivity index (χ4n) is 3.53. The van der Waals surface area contributed by atoms with Crippen LogP contribution in [0.1, 0.15) is 31.7 Å². The molecule has 0 bridgehead atoms. The average molecular weight is 358 g/mol. The highest BCUT2D eigenvalue weighted by atomic mass is 16.5. The van der Waals surface area contributed by atoms with Crippen molar-refractivity contribution in [2.24, 2.45) is 0 Å². The highest BCUT2D eigenvalue weighted by Gasteiger charge is 2.23. The summed E-state index contributed by atoms with van der Waals surface area (Å²) in [6.07, 6.45) is 1.43. The molecule has 142 valence electrons. The van der Waals surface area contributed by atoms with Gasteiger partial charge in [0, 0.05) is 38.7 Å².